The fourth-order valence-corrected chi connectivity index (χ4v) is 5.17. The molecule has 10 heteroatoms. The number of nitrogens with zero attached hydrogens (tertiary/aromatic N) is 2. The minimum absolute atomic E-state index is 0.0965. The Morgan fingerprint density at radius 2 is 2.05 bits per heavy atom. The van der Waals surface area contributed by atoms with Gasteiger partial charge in [-0.3, -0.25) is 9.78 Å². The van der Waals surface area contributed by atoms with Crippen LogP contribution in [0.1, 0.15) is 34.2 Å². The molecule has 1 aromatic carbocycles. The SMILES string of the molecule is Cc1ccc(NC(=O)c2ccnc(C(F)(F)F)c2)cc1-c1cc(OCCO)nc(C23COCC2[C@H]3C)c1. The second kappa shape index (κ2) is 9.42. The monoisotopic (exact) mass is 513 g/mol. The van der Waals surface area contributed by atoms with Crippen LogP contribution in [0, 0.1) is 18.8 Å². The van der Waals surface area contributed by atoms with E-state index in [2.05, 4.69) is 17.2 Å². The molecule has 2 N–H and O–H groups in total. The van der Waals surface area contributed by atoms with Crippen molar-refractivity contribution in [3.63, 3.8) is 0 Å². The van der Waals surface area contributed by atoms with Crippen molar-refractivity contribution in [2.75, 3.05) is 31.7 Å². The molecule has 1 saturated carbocycles. The molecule has 3 atom stereocenters. The molecule has 1 amide bonds. The van der Waals surface area contributed by atoms with E-state index in [9.17, 15) is 23.1 Å². The van der Waals surface area contributed by atoms with Gasteiger partial charge in [-0.15, -0.1) is 0 Å². The summed E-state index contributed by atoms with van der Waals surface area (Å²) >= 11 is 0. The smallest absolute Gasteiger partial charge is 0.433 e. The van der Waals surface area contributed by atoms with Crippen molar-refractivity contribution in [1.82, 2.24) is 9.97 Å². The van der Waals surface area contributed by atoms with Gasteiger partial charge in [0.15, 0.2) is 0 Å². The zero-order chi connectivity index (χ0) is 26.4. The second-order valence-electron chi connectivity index (χ2n) is 9.51. The predicted octanol–water partition coefficient (Wildman–Crippen LogP) is 4.63. The van der Waals surface area contributed by atoms with Crippen LogP contribution in [0.5, 0.6) is 5.88 Å². The van der Waals surface area contributed by atoms with E-state index in [0.29, 0.717) is 36.6 Å². The minimum atomic E-state index is -4.65. The number of ether oxygens (including phenoxy) is 2. The first-order valence-corrected chi connectivity index (χ1v) is 11.9. The first kappa shape index (κ1) is 25.2. The number of nitrogens with one attached hydrogen (secondary N) is 1. The number of benzene rings is 1. The summed E-state index contributed by atoms with van der Waals surface area (Å²) in [5.41, 5.74) is 2.37. The van der Waals surface area contributed by atoms with Gasteiger partial charge in [-0.2, -0.15) is 13.2 Å². The number of carbonyl (C=O) groups excluding carboxylic acids is 1. The summed E-state index contributed by atoms with van der Waals surface area (Å²) < 4.78 is 50.5. The van der Waals surface area contributed by atoms with Gasteiger partial charge in [0.25, 0.3) is 5.91 Å². The molecule has 1 saturated heterocycles. The van der Waals surface area contributed by atoms with Crippen molar-refractivity contribution in [3.05, 3.63) is 71.2 Å². The zero-order valence-corrected chi connectivity index (χ0v) is 20.3. The van der Waals surface area contributed by atoms with Gasteiger partial charge in [-0.05, 0) is 65.8 Å². The molecule has 7 nitrogen and oxygen atoms in total. The Kier molecular flexibility index (Phi) is 6.41. The molecule has 1 aliphatic carbocycles. The molecular formula is C27H26F3N3O4. The summed E-state index contributed by atoms with van der Waals surface area (Å²) in [6.45, 7) is 5.31. The maximum Gasteiger partial charge on any atom is 0.433 e. The van der Waals surface area contributed by atoms with Gasteiger partial charge in [0.2, 0.25) is 5.88 Å². The van der Waals surface area contributed by atoms with Crippen LogP contribution in [0.15, 0.2) is 48.7 Å². The van der Waals surface area contributed by atoms with E-state index in [4.69, 9.17) is 14.5 Å². The highest BCUT2D eigenvalue weighted by molar-refractivity contribution is 6.04. The van der Waals surface area contributed by atoms with Gasteiger partial charge in [-0.1, -0.05) is 13.0 Å². The number of pyridine rings is 2. The van der Waals surface area contributed by atoms with E-state index in [1.165, 1.54) is 6.07 Å². The molecule has 3 aromatic rings. The maximum atomic E-state index is 13.0. The lowest BCUT2D eigenvalue weighted by Gasteiger charge is -2.18. The van der Waals surface area contributed by atoms with Gasteiger partial charge >= 0.3 is 6.18 Å². The molecule has 3 heterocycles. The topological polar surface area (TPSA) is 93.6 Å². The van der Waals surface area contributed by atoms with Crippen LogP contribution in [-0.2, 0) is 16.3 Å². The number of halogens is 3. The normalized spacial score (nSPS) is 22.4. The number of alkyl halides is 3. The molecular weight excluding hydrogens is 487 g/mol. The molecule has 2 fully saturated rings. The molecule has 1 aliphatic heterocycles. The first-order chi connectivity index (χ1) is 17.6. The number of aliphatic hydroxyl groups is 1. The zero-order valence-electron chi connectivity index (χ0n) is 20.3. The average Bonchev–Trinajstić information content (AvgIpc) is 3.22. The number of anilines is 1. The van der Waals surface area contributed by atoms with Crippen LogP contribution in [0.3, 0.4) is 0 Å². The van der Waals surface area contributed by atoms with Crippen LogP contribution in [-0.4, -0.2) is 47.4 Å². The van der Waals surface area contributed by atoms with E-state index in [-0.39, 0.29) is 24.2 Å². The Morgan fingerprint density at radius 1 is 1.24 bits per heavy atom. The Bertz CT molecular complexity index is 1350. The standard InChI is InChI=1S/C27H26F3N3O4/c1-15-3-4-19(32-25(35)17-5-6-31-23(9-17)27(28,29)30)12-20(15)18-10-22(33-24(11-18)37-8-7-34)26-14-36-13-21(26)16(26)2/h3-6,9-12,16,21,34H,7-8,13-14H2,1-2H3,(H,32,35)/t16-,21?,26?/m1/s1. The summed E-state index contributed by atoms with van der Waals surface area (Å²) in [7, 11) is 0. The first-order valence-electron chi connectivity index (χ1n) is 11.9. The number of aryl methyl sites for hydroxylation is 1. The third-order valence-corrected chi connectivity index (χ3v) is 7.35. The summed E-state index contributed by atoms with van der Waals surface area (Å²) in [5.74, 6) is 0.505. The van der Waals surface area contributed by atoms with Gasteiger partial charge < -0.3 is 19.9 Å². The van der Waals surface area contributed by atoms with Crippen molar-refractivity contribution >= 4 is 11.6 Å². The number of hydrogen-bond donors (Lipinski definition) is 2. The molecule has 0 spiro atoms. The molecule has 0 radical (unpaired) electrons. The number of hydrogen-bond acceptors (Lipinski definition) is 6. The largest absolute Gasteiger partial charge is 0.475 e. The molecule has 0 bridgehead atoms. The van der Waals surface area contributed by atoms with E-state index >= 15 is 0 Å². The van der Waals surface area contributed by atoms with E-state index in [1.807, 2.05) is 19.1 Å². The summed E-state index contributed by atoms with van der Waals surface area (Å²) in [6.07, 6.45) is -3.69. The van der Waals surface area contributed by atoms with Crippen molar-refractivity contribution < 1.29 is 32.5 Å². The van der Waals surface area contributed by atoms with E-state index in [0.717, 1.165) is 34.6 Å². The highest BCUT2D eigenvalue weighted by atomic mass is 19.4. The minimum Gasteiger partial charge on any atom is -0.475 e. The van der Waals surface area contributed by atoms with Crippen molar-refractivity contribution in [1.29, 1.82) is 0 Å². The molecule has 194 valence electrons. The van der Waals surface area contributed by atoms with Gasteiger partial charge in [0.05, 0.1) is 25.5 Å². The third kappa shape index (κ3) is 4.67. The van der Waals surface area contributed by atoms with E-state index in [1.54, 1.807) is 18.2 Å². The number of fused-ring (bicyclic) bond motifs is 1. The Balaban J connectivity index is 1.47. The average molecular weight is 514 g/mol. The van der Waals surface area contributed by atoms with Crippen LogP contribution in [0.4, 0.5) is 18.9 Å². The number of carbonyl (C=O) groups is 1. The highest BCUT2D eigenvalue weighted by Gasteiger charge is 2.67. The van der Waals surface area contributed by atoms with Crippen molar-refractivity contribution in [2.24, 2.45) is 11.8 Å². The Labute approximate surface area is 211 Å². The van der Waals surface area contributed by atoms with Crippen LogP contribution >= 0.6 is 0 Å². The van der Waals surface area contributed by atoms with Crippen LogP contribution < -0.4 is 10.1 Å². The predicted molar refractivity (Wildman–Crippen MR) is 129 cm³/mol. The fraction of sp³-hybridized carbons (Fsp3) is 0.370. The lowest BCUT2D eigenvalue weighted by molar-refractivity contribution is -0.141. The molecule has 2 aliphatic rings. The molecule has 2 unspecified atom stereocenters. The number of rotatable bonds is 7. The molecule has 37 heavy (non-hydrogen) atoms. The summed E-state index contributed by atoms with van der Waals surface area (Å²) in [5, 5.41) is 11.9. The van der Waals surface area contributed by atoms with E-state index < -0.39 is 17.8 Å². The Hall–Kier alpha value is -3.50. The summed E-state index contributed by atoms with van der Waals surface area (Å²) in [6, 6.07) is 11.0. The maximum absolute atomic E-state index is 13.0. The second-order valence-corrected chi connectivity index (χ2v) is 9.51. The third-order valence-electron chi connectivity index (χ3n) is 7.35. The highest BCUT2D eigenvalue weighted by Crippen LogP contribution is 2.63. The molecule has 2 aromatic heterocycles. The lowest BCUT2D eigenvalue weighted by atomic mass is 9.94. The fourth-order valence-electron chi connectivity index (χ4n) is 5.17. The summed E-state index contributed by atoms with van der Waals surface area (Å²) in [4.78, 5) is 20.8. The van der Waals surface area contributed by atoms with Crippen LogP contribution in [0.25, 0.3) is 11.1 Å². The van der Waals surface area contributed by atoms with Crippen LogP contribution in [0.2, 0.25) is 0 Å². The lowest BCUT2D eigenvalue weighted by Crippen LogP contribution is -2.17. The van der Waals surface area contributed by atoms with Crippen molar-refractivity contribution in [2.45, 2.75) is 25.4 Å². The number of amides is 1. The number of aliphatic hydroxyl groups excluding tert-OH is 1. The Morgan fingerprint density at radius 3 is 2.76 bits per heavy atom. The van der Waals surface area contributed by atoms with Gasteiger partial charge in [-0.25, -0.2) is 4.98 Å². The van der Waals surface area contributed by atoms with Crippen molar-refractivity contribution in [3.8, 4) is 17.0 Å². The van der Waals surface area contributed by atoms with Gasteiger partial charge in [0.1, 0.15) is 12.3 Å². The van der Waals surface area contributed by atoms with Gasteiger partial charge in [0, 0.05) is 28.9 Å². The number of aromatic nitrogens is 2. The quantitative estimate of drug-likeness (QED) is 0.479. The molecule has 5 rings (SSSR count).